The van der Waals surface area contributed by atoms with E-state index in [1.807, 2.05) is 19.1 Å². The van der Waals surface area contributed by atoms with Gasteiger partial charge in [-0.1, -0.05) is 12.1 Å². The van der Waals surface area contributed by atoms with Gasteiger partial charge in [-0.15, -0.1) is 0 Å². The molecule has 1 aliphatic heterocycles. The normalized spacial score (nSPS) is 15.7. The van der Waals surface area contributed by atoms with E-state index in [1.165, 1.54) is 5.56 Å². The van der Waals surface area contributed by atoms with Crippen LogP contribution >= 0.6 is 0 Å². The molecular formula is C18H26O5. The van der Waals surface area contributed by atoms with E-state index in [0.717, 1.165) is 18.4 Å². The molecule has 1 heterocycles. The fourth-order valence-corrected chi connectivity index (χ4v) is 2.46. The van der Waals surface area contributed by atoms with Gasteiger partial charge in [0.05, 0.1) is 19.8 Å². The van der Waals surface area contributed by atoms with Gasteiger partial charge in [-0.25, -0.2) is 4.79 Å². The molecule has 0 spiro atoms. The number of hydrogen-bond donors (Lipinski definition) is 0. The first-order chi connectivity index (χ1) is 10.9. The van der Waals surface area contributed by atoms with E-state index in [0.29, 0.717) is 25.6 Å². The van der Waals surface area contributed by atoms with Gasteiger partial charge >= 0.3 is 5.97 Å². The number of benzene rings is 1. The summed E-state index contributed by atoms with van der Waals surface area (Å²) in [5.41, 5.74) is 1.18. The quantitative estimate of drug-likeness (QED) is 0.722. The van der Waals surface area contributed by atoms with E-state index >= 15 is 0 Å². The maximum absolute atomic E-state index is 11.9. The first-order valence-corrected chi connectivity index (χ1v) is 8.11. The van der Waals surface area contributed by atoms with Crippen LogP contribution in [0.25, 0.3) is 0 Å². The van der Waals surface area contributed by atoms with Crippen molar-refractivity contribution in [1.82, 2.24) is 0 Å². The van der Waals surface area contributed by atoms with E-state index in [4.69, 9.17) is 18.9 Å². The van der Waals surface area contributed by atoms with Crippen molar-refractivity contribution in [2.75, 3.05) is 19.8 Å². The molecule has 0 unspecified atom stereocenters. The van der Waals surface area contributed by atoms with Crippen LogP contribution in [-0.2, 0) is 25.4 Å². The smallest absolute Gasteiger partial charge is 0.349 e. The molecule has 0 aliphatic carbocycles. The van der Waals surface area contributed by atoms with Crippen LogP contribution in [0.5, 0.6) is 5.75 Å². The minimum Gasteiger partial charge on any atom is -0.476 e. The predicted octanol–water partition coefficient (Wildman–Crippen LogP) is 3.02. The lowest BCUT2D eigenvalue weighted by Crippen LogP contribution is -2.39. The van der Waals surface area contributed by atoms with Crippen molar-refractivity contribution in [3.63, 3.8) is 0 Å². The summed E-state index contributed by atoms with van der Waals surface area (Å²) in [6.45, 7) is 8.89. The summed E-state index contributed by atoms with van der Waals surface area (Å²) in [4.78, 5) is 11.9. The summed E-state index contributed by atoms with van der Waals surface area (Å²) in [6, 6.07) is 5.99. The fourth-order valence-electron chi connectivity index (χ4n) is 2.46. The second-order valence-corrected chi connectivity index (χ2v) is 6.14. The molecule has 1 fully saturated rings. The molecule has 0 amide bonds. The highest BCUT2D eigenvalue weighted by atomic mass is 16.7. The molecule has 2 rings (SSSR count). The Labute approximate surface area is 137 Å². The average molecular weight is 322 g/mol. The number of rotatable bonds is 7. The highest BCUT2D eigenvalue weighted by molar-refractivity contribution is 5.79. The molecule has 0 bridgehead atoms. The zero-order valence-corrected chi connectivity index (χ0v) is 14.4. The van der Waals surface area contributed by atoms with Crippen molar-refractivity contribution in [2.45, 2.75) is 52.4 Å². The van der Waals surface area contributed by atoms with Gasteiger partial charge in [-0.2, -0.15) is 0 Å². The molecule has 5 nitrogen and oxygen atoms in total. The molecule has 128 valence electrons. The molecule has 23 heavy (non-hydrogen) atoms. The van der Waals surface area contributed by atoms with Gasteiger partial charge in [-0.05, 0) is 51.3 Å². The number of ether oxygens (including phenoxy) is 4. The van der Waals surface area contributed by atoms with Crippen LogP contribution in [0.4, 0.5) is 0 Å². The van der Waals surface area contributed by atoms with Gasteiger partial charge in [0.1, 0.15) is 5.75 Å². The van der Waals surface area contributed by atoms with Gasteiger partial charge < -0.3 is 18.9 Å². The van der Waals surface area contributed by atoms with Gasteiger partial charge in [0.15, 0.2) is 11.9 Å². The SMILES string of the molecule is CCOC(=O)C(C)(C)Oc1ccc(CCC2OCCO2)cc1C. The zero-order chi connectivity index (χ0) is 16.9. The number of hydrogen-bond acceptors (Lipinski definition) is 5. The Hall–Kier alpha value is -1.59. The summed E-state index contributed by atoms with van der Waals surface area (Å²) in [5, 5.41) is 0. The van der Waals surface area contributed by atoms with Crippen molar-refractivity contribution in [1.29, 1.82) is 0 Å². The lowest BCUT2D eigenvalue weighted by Gasteiger charge is -2.25. The molecule has 1 aliphatic rings. The second kappa shape index (κ2) is 7.79. The Bertz CT molecular complexity index is 532. The Morgan fingerprint density at radius 2 is 2.00 bits per heavy atom. The summed E-state index contributed by atoms with van der Waals surface area (Å²) < 4.78 is 21.8. The largest absolute Gasteiger partial charge is 0.476 e. The lowest BCUT2D eigenvalue weighted by molar-refractivity contribution is -0.158. The Morgan fingerprint density at radius 3 is 2.61 bits per heavy atom. The van der Waals surface area contributed by atoms with Crippen LogP contribution in [0, 0.1) is 6.92 Å². The Balaban J connectivity index is 1.96. The first kappa shape index (κ1) is 17.8. The van der Waals surface area contributed by atoms with Crippen molar-refractivity contribution >= 4 is 5.97 Å². The maximum atomic E-state index is 11.9. The van der Waals surface area contributed by atoms with Gasteiger partial charge in [-0.3, -0.25) is 0 Å². The third-order valence-corrected chi connectivity index (χ3v) is 3.73. The van der Waals surface area contributed by atoms with Gasteiger partial charge in [0, 0.05) is 6.42 Å². The average Bonchev–Trinajstić information content (AvgIpc) is 3.01. The molecule has 0 aromatic heterocycles. The van der Waals surface area contributed by atoms with Crippen molar-refractivity contribution in [3.8, 4) is 5.75 Å². The molecular weight excluding hydrogens is 296 g/mol. The van der Waals surface area contributed by atoms with Crippen LogP contribution in [-0.4, -0.2) is 37.7 Å². The molecule has 1 aromatic rings. The van der Waals surface area contributed by atoms with Gasteiger partial charge in [0.2, 0.25) is 0 Å². The van der Waals surface area contributed by atoms with Crippen molar-refractivity contribution < 1.29 is 23.7 Å². The summed E-state index contributed by atoms with van der Waals surface area (Å²) in [5.74, 6) is 0.333. The molecule has 0 N–H and O–H groups in total. The van der Waals surface area contributed by atoms with E-state index in [1.54, 1.807) is 20.8 Å². The second-order valence-electron chi connectivity index (χ2n) is 6.14. The topological polar surface area (TPSA) is 54.0 Å². The van der Waals surface area contributed by atoms with Crippen LogP contribution < -0.4 is 4.74 Å². The van der Waals surface area contributed by atoms with Crippen LogP contribution in [0.1, 0.15) is 38.3 Å². The summed E-state index contributed by atoms with van der Waals surface area (Å²) in [6.07, 6.45) is 1.63. The predicted molar refractivity (Wildman–Crippen MR) is 86.5 cm³/mol. The van der Waals surface area contributed by atoms with Crippen molar-refractivity contribution in [2.24, 2.45) is 0 Å². The Morgan fingerprint density at radius 1 is 1.30 bits per heavy atom. The Kier molecular flexibility index (Phi) is 6.02. The third-order valence-electron chi connectivity index (χ3n) is 3.73. The first-order valence-electron chi connectivity index (χ1n) is 8.11. The highest BCUT2D eigenvalue weighted by Gasteiger charge is 2.32. The highest BCUT2D eigenvalue weighted by Crippen LogP contribution is 2.25. The number of carbonyl (C=O) groups is 1. The van der Waals surface area contributed by atoms with Crippen molar-refractivity contribution in [3.05, 3.63) is 29.3 Å². The van der Waals surface area contributed by atoms with Gasteiger partial charge in [0.25, 0.3) is 0 Å². The summed E-state index contributed by atoms with van der Waals surface area (Å²) >= 11 is 0. The number of carbonyl (C=O) groups excluding carboxylic acids is 1. The van der Waals surface area contributed by atoms with Crippen LogP contribution in [0.2, 0.25) is 0 Å². The third kappa shape index (κ3) is 4.94. The van der Waals surface area contributed by atoms with E-state index < -0.39 is 5.60 Å². The monoisotopic (exact) mass is 322 g/mol. The molecule has 5 heteroatoms. The fraction of sp³-hybridized carbons (Fsp3) is 0.611. The molecule has 0 radical (unpaired) electrons. The molecule has 1 aromatic carbocycles. The van der Waals surface area contributed by atoms with Crippen LogP contribution in [0.15, 0.2) is 18.2 Å². The minimum absolute atomic E-state index is 0.0889. The van der Waals surface area contributed by atoms with Crippen LogP contribution in [0.3, 0.4) is 0 Å². The standard InChI is InChI=1S/C18H26O5/c1-5-20-17(19)18(3,4)23-15-8-6-14(12-13(15)2)7-9-16-21-10-11-22-16/h6,8,12,16H,5,7,9-11H2,1-4H3. The number of aryl methyl sites for hydroxylation is 2. The summed E-state index contributed by atoms with van der Waals surface area (Å²) in [7, 11) is 0. The lowest BCUT2D eigenvalue weighted by atomic mass is 10.1. The number of esters is 1. The molecule has 0 saturated carbocycles. The van der Waals surface area contributed by atoms with E-state index in [2.05, 4.69) is 6.07 Å². The molecule has 1 saturated heterocycles. The minimum atomic E-state index is -1.01. The van der Waals surface area contributed by atoms with E-state index in [9.17, 15) is 4.79 Å². The maximum Gasteiger partial charge on any atom is 0.349 e. The van der Waals surface area contributed by atoms with E-state index in [-0.39, 0.29) is 12.3 Å². The molecule has 0 atom stereocenters. The zero-order valence-electron chi connectivity index (χ0n) is 14.4.